The van der Waals surface area contributed by atoms with Crippen molar-refractivity contribution in [3.05, 3.63) is 35.4 Å². The maximum atomic E-state index is 3.70. The van der Waals surface area contributed by atoms with Gasteiger partial charge >= 0.3 is 0 Å². The second-order valence-corrected chi connectivity index (χ2v) is 6.78. The van der Waals surface area contributed by atoms with Crippen molar-refractivity contribution in [3.63, 3.8) is 0 Å². The molecule has 0 bridgehead atoms. The number of nitrogens with one attached hydrogen (secondary N) is 1. The van der Waals surface area contributed by atoms with E-state index in [2.05, 4.69) is 55.2 Å². The van der Waals surface area contributed by atoms with Gasteiger partial charge in [0.2, 0.25) is 0 Å². The van der Waals surface area contributed by atoms with E-state index in [1.54, 1.807) is 0 Å². The Morgan fingerprint density at radius 1 is 1.21 bits per heavy atom. The molecule has 1 aromatic carbocycles. The molecular formula is C17H27NS. The SMILES string of the molecule is CCCc1ccc(C(NCC)C2CCCCS2)cc1. The zero-order chi connectivity index (χ0) is 13.5. The molecule has 2 unspecified atom stereocenters. The summed E-state index contributed by atoms with van der Waals surface area (Å²) in [6, 6.07) is 9.85. The third-order valence-corrected chi connectivity index (χ3v) is 5.35. The lowest BCUT2D eigenvalue weighted by atomic mass is 9.97. The van der Waals surface area contributed by atoms with Crippen molar-refractivity contribution in [1.29, 1.82) is 0 Å². The highest BCUT2D eigenvalue weighted by Crippen LogP contribution is 2.34. The monoisotopic (exact) mass is 277 g/mol. The molecule has 0 saturated carbocycles. The topological polar surface area (TPSA) is 12.0 Å². The zero-order valence-corrected chi connectivity index (χ0v) is 13.1. The fourth-order valence-corrected chi connectivity index (χ4v) is 4.35. The Labute approximate surface area is 122 Å². The van der Waals surface area contributed by atoms with Gasteiger partial charge in [-0.15, -0.1) is 0 Å². The first-order valence-corrected chi connectivity index (χ1v) is 8.83. The number of rotatable bonds is 6. The molecule has 0 spiro atoms. The molecule has 19 heavy (non-hydrogen) atoms. The highest BCUT2D eigenvalue weighted by molar-refractivity contribution is 8.00. The zero-order valence-electron chi connectivity index (χ0n) is 12.3. The number of aryl methyl sites for hydroxylation is 1. The number of hydrogen-bond acceptors (Lipinski definition) is 2. The maximum absolute atomic E-state index is 3.70. The van der Waals surface area contributed by atoms with Crippen LogP contribution in [0.5, 0.6) is 0 Å². The van der Waals surface area contributed by atoms with Crippen LogP contribution in [0.25, 0.3) is 0 Å². The van der Waals surface area contributed by atoms with Crippen LogP contribution < -0.4 is 5.32 Å². The summed E-state index contributed by atoms with van der Waals surface area (Å²) >= 11 is 2.16. The van der Waals surface area contributed by atoms with Gasteiger partial charge < -0.3 is 5.32 Å². The largest absolute Gasteiger partial charge is 0.309 e. The standard InChI is InChI=1S/C17H27NS/c1-3-7-14-9-11-15(12-10-14)17(18-4-2)16-8-5-6-13-19-16/h9-12,16-18H,3-8,13H2,1-2H3. The fraction of sp³-hybridized carbons (Fsp3) is 0.647. The molecule has 1 aliphatic rings. The Bertz CT molecular complexity index is 354. The highest BCUT2D eigenvalue weighted by atomic mass is 32.2. The average molecular weight is 277 g/mol. The van der Waals surface area contributed by atoms with Gasteiger partial charge in [0.05, 0.1) is 0 Å². The third-order valence-electron chi connectivity index (χ3n) is 3.89. The molecule has 1 nitrogen and oxygen atoms in total. The van der Waals surface area contributed by atoms with Crippen LogP contribution in [0.15, 0.2) is 24.3 Å². The Morgan fingerprint density at radius 2 is 2.00 bits per heavy atom. The first-order chi connectivity index (χ1) is 9.35. The van der Waals surface area contributed by atoms with Crippen molar-refractivity contribution in [2.24, 2.45) is 0 Å². The van der Waals surface area contributed by atoms with Crippen molar-refractivity contribution < 1.29 is 0 Å². The lowest BCUT2D eigenvalue weighted by Gasteiger charge is -2.31. The van der Waals surface area contributed by atoms with E-state index in [1.165, 1.54) is 49.0 Å². The van der Waals surface area contributed by atoms with Gasteiger partial charge in [0, 0.05) is 11.3 Å². The first-order valence-electron chi connectivity index (χ1n) is 7.79. The van der Waals surface area contributed by atoms with Gasteiger partial charge in [0.25, 0.3) is 0 Å². The van der Waals surface area contributed by atoms with Crippen molar-refractivity contribution in [2.75, 3.05) is 12.3 Å². The van der Waals surface area contributed by atoms with E-state index < -0.39 is 0 Å². The van der Waals surface area contributed by atoms with Gasteiger partial charge in [-0.1, -0.05) is 51.0 Å². The Morgan fingerprint density at radius 3 is 2.58 bits per heavy atom. The third kappa shape index (κ3) is 4.25. The van der Waals surface area contributed by atoms with Crippen LogP contribution >= 0.6 is 11.8 Å². The van der Waals surface area contributed by atoms with E-state index >= 15 is 0 Å². The summed E-state index contributed by atoms with van der Waals surface area (Å²) in [6.07, 6.45) is 6.58. The van der Waals surface area contributed by atoms with E-state index in [0.29, 0.717) is 6.04 Å². The molecule has 1 heterocycles. The summed E-state index contributed by atoms with van der Waals surface area (Å²) in [6.45, 7) is 5.51. The molecule has 0 amide bonds. The van der Waals surface area contributed by atoms with E-state index in [1.807, 2.05) is 0 Å². The fourth-order valence-electron chi connectivity index (χ4n) is 2.89. The van der Waals surface area contributed by atoms with Gasteiger partial charge in [-0.25, -0.2) is 0 Å². The average Bonchev–Trinajstić information content (AvgIpc) is 2.47. The summed E-state index contributed by atoms with van der Waals surface area (Å²) in [5.41, 5.74) is 2.94. The quantitative estimate of drug-likeness (QED) is 0.817. The minimum absolute atomic E-state index is 0.533. The van der Waals surface area contributed by atoms with Crippen LogP contribution in [0.3, 0.4) is 0 Å². The maximum Gasteiger partial charge on any atom is 0.0440 e. The van der Waals surface area contributed by atoms with Crippen LogP contribution in [-0.2, 0) is 6.42 Å². The molecule has 106 valence electrons. The molecule has 1 saturated heterocycles. The highest BCUT2D eigenvalue weighted by Gasteiger charge is 2.24. The molecule has 2 heteroatoms. The number of benzene rings is 1. The molecule has 1 aromatic rings. The lowest BCUT2D eigenvalue weighted by molar-refractivity contribution is 0.491. The van der Waals surface area contributed by atoms with Crippen molar-refractivity contribution in [3.8, 4) is 0 Å². The Balaban J connectivity index is 2.08. The summed E-state index contributed by atoms with van der Waals surface area (Å²) in [7, 11) is 0. The molecule has 0 radical (unpaired) electrons. The molecule has 1 fully saturated rings. The Hall–Kier alpha value is -0.470. The van der Waals surface area contributed by atoms with Crippen LogP contribution in [0.2, 0.25) is 0 Å². The first kappa shape index (κ1) is 14.9. The molecular weight excluding hydrogens is 250 g/mol. The molecule has 0 aromatic heterocycles. The van der Waals surface area contributed by atoms with Crippen molar-refractivity contribution in [1.82, 2.24) is 5.32 Å². The lowest BCUT2D eigenvalue weighted by Crippen LogP contribution is -2.31. The van der Waals surface area contributed by atoms with E-state index in [0.717, 1.165) is 11.8 Å². The van der Waals surface area contributed by atoms with Crippen LogP contribution in [0, 0.1) is 0 Å². The minimum Gasteiger partial charge on any atom is -0.309 e. The van der Waals surface area contributed by atoms with E-state index in [-0.39, 0.29) is 0 Å². The molecule has 2 rings (SSSR count). The minimum atomic E-state index is 0.533. The van der Waals surface area contributed by atoms with E-state index in [4.69, 9.17) is 0 Å². The molecule has 1 N–H and O–H groups in total. The molecule has 2 atom stereocenters. The smallest absolute Gasteiger partial charge is 0.0440 e. The second kappa shape index (κ2) is 7.96. The van der Waals surface area contributed by atoms with Crippen LogP contribution in [0.1, 0.15) is 56.7 Å². The summed E-state index contributed by atoms with van der Waals surface area (Å²) < 4.78 is 0. The van der Waals surface area contributed by atoms with Gasteiger partial charge in [-0.3, -0.25) is 0 Å². The van der Waals surface area contributed by atoms with Gasteiger partial charge in [0.15, 0.2) is 0 Å². The molecule has 0 aliphatic carbocycles. The second-order valence-electron chi connectivity index (χ2n) is 5.43. The summed E-state index contributed by atoms with van der Waals surface area (Å²) in [4.78, 5) is 0. The van der Waals surface area contributed by atoms with Crippen molar-refractivity contribution >= 4 is 11.8 Å². The summed E-state index contributed by atoms with van der Waals surface area (Å²) in [5, 5.41) is 4.45. The Kier molecular flexibility index (Phi) is 6.25. The predicted molar refractivity (Wildman–Crippen MR) is 87.0 cm³/mol. The number of thioether (sulfide) groups is 1. The summed E-state index contributed by atoms with van der Waals surface area (Å²) in [5.74, 6) is 1.33. The van der Waals surface area contributed by atoms with Gasteiger partial charge in [0.1, 0.15) is 0 Å². The predicted octanol–water partition coefficient (Wildman–Crippen LogP) is 4.58. The van der Waals surface area contributed by atoms with Crippen molar-refractivity contribution in [2.45, 2.75) is 57.2 Å². The van der Waals surface area contributed by atoms with Crippen LogP contribution in [-0.4, -0.2) is 17.5 Å². The van der Waals surface area contributed by atoms with E-state index in [9.17, 15) is 0 Å². The normalized spacial score (nSPS) is 21.3. The van der Waals surface area contributed by atoms with Crippen LogP contribution in [0.4, 0.5) is 0 Å². The van der Waals surface area contributed by atoms with Gasteiger partial charge in [-0.2, -0.15) is 11.8 Å². The number of hydrogen-bond donors (Lipinski definition) is 1. The van der Waals surface area contributed by atoms with Gasteiger partial charge in [-0.05, 0) is 42.7 Å². The molecule has 1 aliphatic heterocycles.